The Morgan fingerprint density at radius 1 is 0.976 bits per heavy atom. The van der Waals surface area contributed by atoms with E-state index < -0.39 is 29.3 Å². The molecule has 9 nitrogen and oxygen atoms in total. The number of hydrogen-bond donors (Lipinski definition) is 1. The van der Waals surface area contributed by atoms with Gasteiger partial charge in [0.2, 0.25) is 5.43 Å². The summed E-state index contributed by atoms with van der Waals surface area (Å²) in [4.78, 5) is 35.1. The maximum Gasteiger partial charge on any atom is 0.318 e. The first-order valence-corrected chi connectivity index (χ1v) is 12.5. The Balaban J connectivity index is 1.41. The number of alkyl halides is 2. The van der Waals surface area contributed by atoms with E-state index in [0.29, 0.717) is 32.8 Å². The van der Waals surface area contributed by atoms with Crippen LogP contribution < -0.4 is 25.0 Å². The molecule has 0 bridgehead atoms. The molecule has 1 amide bonds. The molecule has 0 spiro atoms. The van der Waals surface area contributed by atoms with Gasteiger partial charge in [0.15, 0.2) is 11.5 Å². The van der Waals surface area contributed by atoms with E-state index in [4.69, 9.17) is 14.2 Å². The van der Waals surface area contributed by atoms with E-state index in [1.807, 2.05) is 0 Å². The highest BCUT2D eigenvalue weighted by Crippen LogP contribution is 2.34. The van der Waals surface area contributed by atoms with Crippen LogP contribution in [0.4, 0.5) is 18.9 Å². The van der Waals surface area contributed by atoms with E-state index in [2.05, 4.69) is 15.3 Å². The smallest absolute Gasteiger partial charge is 0.318 e. The van der Waals surface area contributed by atoms with Crippen molar-refractivity contribution in [3.05, 3.63) is 100 Å². The third-order valence-electron chi connectivity index (χ3n) is 6.44. The molecule has 2 aromatic carbocycles. The lowest BCUT2D eigenvalue weighted by atomic mass is 10.0. The van der Waals surface area contributed by atoms with Gasteiger partial charge in [0.05, 0.1) is 19.7 Å². The van der Waals surface area contributed by atoms with E-state index in [1.165, 1.54) is 45.4 Å². The van der Waals surface area contributed by atoms with Crippen molar-refractivity contribution in [2.45, 2.75) is 13.5 Å². The lowest BCUT2D eigenvalue weighted by Gasteiger charge is -2.16. The van der Waals surface area contributed by atoms with Crippen molar-refractivity contribution in [1.29, 1.82) is 0 Å². The maximum atomic E-state index is 13.8. The molecule has 0 radical (unpaired) electrons. The van der Waals surface area contributed by atoms with Crippen LogP contribution in [0.3, 0.4) is 0 Å². The van der Waals surface area contributed by atoms with Gasteiger partial charge >= 0.3 is 6.55 Å². The fourth-order valence-corrected chi connectivity index (χ4v) is 4.36. The van der Waals surface area contributed by atoms with Crippen LogP contribution in [0.1, 0.15) is 22.6 Å². The molecule has 0 fully saturated rings. The summed E-state index contributed by atoms with van der Waals surface area (Å²) in [6.07, 6.45) is 2.36. The lowest BCUT2D eigenvalue weighted by molar-refractivity contribution is 0.0673. The van der Waals surface area contributed by atoms with Crippen LogP contribution in [0.15, 0.2) is 77.9 Å². The van der Waals surface area contributed by atoms with Gasteiger partial charge in [-0.05, 0) is 48.9 Å². The molecule has 0 aliphatic heterocycles. The molecule has 5 aromatic rings. The van der Waals surface area contributed by atoms with Gasteiger partial charge in [0.25, 0.3) is 11.8 Å². The van der Waals surface area contributed by atoms with Gasteiger partial charge in [0.1, 0.15) is 22.6 Å². The summed E-state index contributed by atoms with van der Waals surface area (Å²) in [6.45, 7) is -1.69. The van der Waals surface area contributed by atoms with Crippen molar-refractivity contribution in [2.75, 3.05) is 19.5 Å². The molecule has 0 unspecified atom stereocenters. The van der Waals surface area contributed by atoms with E-state index in [-0.39, 0.29) is 28.4 Å². The number of carbonyl (C=O) groups excluding carboxylic acids is 1. The fourth-order valence-electron chi connectivity index (χ4n) is 4.36. The van der Waals surface area contributed by atoms with Crippen molar-refractivity contribution in [1.82, 2.24) is 14.5 Å². The molecule has 12 heteroatoms. The van der Waals surface area contributed by atoms with Gasteiger partial charge in [-0.3, -0.25) is 19.1 Å². The minimum Gasteiger partial charge on any atom is -0.491 e. The molecule has 3 heterocycles. The van der Waals surface area contributed by atoms with Crippen LogP contribution in [-0.2, 0) is 0 Å². The highest BCUT2D eigenvalue weighted by molar-refractivity contribution is 6.04. The van der Waals surface area contributed by atoms with Crippen LogP contribution in [0.5, 0.6) is 23.1 Å². The van der Waals surface area contributed by atoms with Crippen molar-refractivity contribution < 1.29 is 32.2 Å². The Kier molecular flexibility index (Phi) is 7.78. The normalized spacial score (nSPS) is 11.0. The van der Waals surface area contributed by atoms with Gasteiger partial charge in [0, 0.05) is 41.5 Å². The molecule has 214 valence electrons. The summed E-state index contributed by atoms with van der Waals surface area (Å²) in [6, 6.07) is 14.3. The SMILES string of the molecule is COc1cc2nccc(Oc3ccc(NC(=O)c4cn(C(F)F)c(C)c(-c5ccc(F)cc5)c4=O)cc3)c2nc1OC. The molecular formula is C30H23F3N4O5. The van der Waals surface area contributed by atoms with E-state index in [1.54, 1.807) is 30.5 Å². The fraction of sp³-hybridized carbons (Fsp3) is 0.133. The Bertz CT molecular complexity index is 1840. The number of aromatic nitrogens is 3. The standard InChI is InChI=1S/C30H23F3N4O5/c1-16-25(17-4-6-18(31)7-5-17)27(38)21(15-37(16)30(32)33)28(39)35-19-8-10-20(11-9-19)42-23-12-13-34-22-14-24(40-2)29(41-3)36-26(22)23/h4-15,30H,1-3H3,(H,35,39). The summed E-state index contributed by atoms with van der Waals surface area (Å²) in [7, 11) is 2.95. The molecule has 5 rings (SSSR count). The predicted molar refractivity (Wildman–Crippen MR) is 149 cm³/mol. The number of benzene rings is 2. The molecule has 0 aliphatic carbocycles. The zero-order chi connectivity index (χ0) is 30.0. The second kappa shape index (κ2) is 11.6. The predicted octanol–water partition coefficient (Wildman–Crippen LogP) is 6.36. The molecule has 42 heavy (non-hydrogen) atoms. The summed E-state index contributed by atoms with van der Waals surface area (Å²) in [5.41, 5.74) is -0.0207. The van der Waals surface area contributed by atoms with E-state index in [9.17, 15) is 22.8 Å². The number of fused-ring (bicyclic) bond motifs is 1. The van der Waals surface area contributed by atoms with Gasteiger partial charge in [-0.1, -0.05) is 12.1 Å². The molecule has 0 atom stereocenters. The molecular weight excluding hydrogens is 553 g/mol. The van der Waals surface area contributed by atoms with Gasteiger partial charge in [-0.15, -0.1) is 0 Å². The second-order valence-corrected chi connectivity index (χ2v) is 8.98. The second-order valence-electron chi connectivity index (χ2n) is 8.98. The molecule has 1 N–H and O–H groups in total. The van der Waals surface area contributed by atoms with Crippen molar-refractivity contribution in [3.63, 3.8) is 0 Å². The molecule has 0 saturated heterocycles. The number of rotatable bonds is 8. The summed E-state index contributed by atoms with van der Waals surface area (Å²) >= 11 is 0. The van der Waals surface area contributed by atoms with Gasteiger partial charge < -0.3 is 19.5 Å². The Morgan fingerprint density at radius 2 is 1.69 bits per heavy atom. The number of hydrogen-bond acceptors (Lipinski definition) is 7. The quantitative estimate of drug-likeness (QED) is 0.229. The number of ether oxygens (including phenoxy) is 3. The summed E-state index contributed by atoms with van der Waals surface area (Å²) in [5.74, 6) is 0.000287. The molecule has 0 aliphatic rings. The Hall–Kier alpha value is -5.39. The number of methoxy groups -OCH3 is 2. The average Bonchev–Trinajstić information content (AvgIpc) is 2.98. The van der Waals surface area contributed by atoms with Crippen molar-refractivity contribution in [3.8, 4) is 34.3 Å². The number of anilines is 1. The summed E-state index contributed by atoms with van der Waals surface area (Å²) < 4.78 is 58.2. The zero-order valence-corrected chi connectivity index (χ0v) is 22.5. The number of nitrogens with one attached hydrogen (secondary N) is 1. The van der Waals surface area contributed by atoms with Crippen LogP contribution in [0.2, 0.25) is 0 Å². The first-order chi connectivity index (χ1) is 20.2. The maximum absolute atomic E-state index is 13.8. The number of pyridine rings is 3. The first kappa shape index (κ1) is 28.1. The lowest BCUT2D eigenvalue weighted by Crippen LogP contribution is -2.26. The monoisotopic (exact) mass is 576 g/mol. The van der Waals surface area contributed by atoms with E-state index in [0.717, 1.165) is 18.3 Å². The summed E-state index contributed by atoms with van der Waals surface area (Å²) in [5, 5.41) is 2.56. The molecule has 3 aromatic heterocycles. The van der Waals surface area contributed by atoms with Crippen LogP contribution in [0.25, 0.3) is 22.2 Å². The first-order valence-electron chi connectivity index (χ1n) is 12.5. The van der Waals surface area contributed by atoms with E-state index >= 15 is 0 Å². The highest BCUT2D eigenvalue weighted by atomic mass is 19.3. The third-order valence-corrected chi connectivity index (χ3v) is 6.44. The van der Waals surface area contributed by atoms with Crippen LogP contribution in [-0.4, -0.2) is 34.7 Å². The number of carbonyl (C=O) groups is 1. The van der Waals surface area contributed by atoms with Crippen LogP contribution in [0, 0.1) is 12.7 Å². The van der Waals surface area contributed by atoms with Crippen molar-refractivity contribution >= 4 is 22.6 Å². The van der Waals surface area contributed by atoms with Gasteiger partial charge in [-0.2, -0.15) is 8.78 Å². The van der Waals surface area contributed by atoms with Crippen LogP contribution >= 0.6 is 0 Å². The minimum absolute atomic E-state index is 0.0613. The average molecular weight is 577 g/mol. The number of halogens is 3. The number of nitrogens with zero attached hydrogens (tertiary/aromatic N) is 3. The highest BCUT2D eigenvalue weighted by Gasteiger charge is 2.22. The Labute approximate surface area is 237 Å². The minimum atomic E-state index is -3.02. The van der Waals surface area contributed by atoms with Crippen molar-refractivity contribution in [2.24, 2.45) is 0 Å². The Morgan fingerprint density at radius 3 is 2.33 bits per heavy atom. The third kappa shape index (κ3) is 5.46. The van der Waals surface area contributed by atoms with Gasteiger partial charge in [-0.25, -0.2) is 9.37 Å². The molecule has 0 saturated carbocycles. The largest absolute Gasteiger partial charge is 0.491 e. The number of amides is 1. The topological polar surface area (TPSA) is 105 Å². The zero-order valence-electron chi connectivity index (χ0n) is 22.5.